The highest BCUT2D eigenvalue weighted by molar-refractivity contribution is 6.36. The predicted molar refractivity (Wildman–Crippen MR) is 79.1 cm³/mol. The molecular weight excluding hydrogens is 301 g/mol. The maximum Gasteiger partial charge on any atom is 0.271 e. The van der Waals surface area contributed by atoms with Crippen LogP contribution in [0.25, 0.3) is 0 Å². The van der Waals surface area contributed by atoms with Gasteiger partial charge in [-0.1, -0.05) is 29.3 Å². The number of primary amides is 1. The number of halogens is 2. The van der Waals surface area contributed by atoms with Gasteiger partial charge in [0.2, 0.25) is 5.91 Å². The van der Waals surface area contributed by atoms with Crippen molar-refractivity contribution in [2.24, 2.45) is 5.73 Å². The van der Waals surface area contributed by atoms with Gasteiger partial charge in [-0.25, -0.2) is 0 Å². The summed E-state index contributed by atoms with van der Waals surface area (Å²) in [5.74, 6) is -0.691. The van der Waals surface area contributed by atoms with Crippen LogP contribution in [0.15, 0.2) is 41.3 Å². The largest absolute Gasteiger partial charge is 0.368 e. The van der Waals surface area contributed by atoms with Crippen molar-refractivity contribution in [1.29, 1.82) is 0 Å². The number of rotatable bonds is 4. The molecule has 4 N–H and O–H groups in total. The summed E-state index contributed by atoms with van der Waals surface area (Å²) in [5, 5.41) is 3.34. The molecule has 5 nitrogen and oxygen atoms in total. The molecule has 0 fully saturated rings. The molecule has 0 aliphatic rings. The van der Waals surface area contributed by atoms with Crippen LogP contribution in [-0.4, -0.2) is 10.9 Å². The average Bonchev–Trinajstić information content (AvgIpc) is 2.39. The number of hydrogen-bond donors (Lipinski definition) is 3. The van der Waals surface area contributed by atoms with Crippen LogP contribution in [0.5, 0.6) is 0 Å². The zero-order valence-corrected chi connectivity index (χ0v) is 11.7. The molecule has 104 valence electrons. The predicted octanol–water partition coefficient (Wildman–Crippen LogP) is 2.32. The van der Waals surface area contributed by atoms with E-state index in [0.29, 0.717) is 15.6 Å². The number of nitrogens with two attached hydrogens (primary N) is 1. The molecule has 1 aromatic heterocycles. The Morgan fingerprint density at radius 2 is 1.85 bits per heavy atom. The van der Waals surface area contributed by atoms with Gasteiger partial charge in [0, 0.05) is 21.8 Å². The minimum Gasteiger partial charge on any atom is -0.368 e. The van der Waals surface area contributed by atoms with Crippen molar-refractivity contribution in [1.82, 2.24) is 4.98 Å². The first-order chi connectivity index (χ1) is 9.50. The van der Waals surface area contributed by atoms with E-state index >= 15 is 0 Å². The van der Waals surface area contributed by atoms with Gasteiger partial charge in [0.1, 0.15) is 11.7 Å². The van der Waals surface area contributed by atoms with Crippen molar-refractivity contribution in [2.75, 3.05) is 5.32 Å². The van der Waals surface area contributed by atoms with E-state index in [2.05, 4.69) is 10.3 Å². The Kier molecular flexibility index (Phi) is 4.32. The van der Waals surface area contributed by atoms with Gasteiger partial charge >= 0.3 is 0 Å². The van der Waals surface area contributed by atoms with Gasteiger partial charge in [0.25, 0.3) is 5.56 Å². The highest BCUT2D eigenvalue weighted by Gasteiger charge is 2.23. The molecule has 1 amide bonds. The van der Waals surface area contributed by atoms with Crippen LogP contribution in [0.2, 0.25) is 10.0 Å². The third-order valence-corrected chi connectivity index (χ3v) is 3.35. The summed E-state index contributed by atoms with van der Waals surface area (Å²) in [6.45, 7) is 0. The van der Waals surface area contributed by atoms with E-state index in [1.165, 1.54) is 12.3 Å². The van der Waals surface area contributed by atoms with Crippen molar-refractivity contribution in [3.63, 3.8) is 0 Å². The number of hydrogen-bond acceptors (Lipinski definition) is 3. The van der Waals surface area contributed by atoms with Gasteiger partial charge in [0.15, 0.2) is 0 Å². The fraction of sp³-hybridized carbons (Fsp3) is 0.0769. The van der Waals surface area contributed by atoms with Crippen LogP contribution >= 0.6 is 23.2 Å². The lowest BCUT2D eigenvalue weighted by Gasteiger charge is -2.18. The molecule has 7 heteroatoms. The summed E-state index contributed by atoms with van der Waals surface area (Å²) in [6.07, 6.45) is 1.48. The Morgan fingerprint density at radius 3 is 2.40 bits per heavy atom. The Hall–Kier alpha value is -1.98. The summed E-state index contributed by atoms with van der Waals surface area (Å²) in [4.78, 5) is 25.8. The first kappa shape index (κ1) is 14.4. The van der Waals surface area contributed by atoms with Gasteiger partial charge in [0.05, 0.1) is 0 Å². The van der Waals surface area contributed by atoms with Gasteiger partial charge < -0.3 is 16.0 Å². The molecule has 0 radical (unpaired) electrons. The fourth-order valence-corrected chi connectivity index (χ4v) is 2.38. The monoisotopic (exact) mass is 311 g/mol. The first-order valence-corrected chi connectivity index (χ1v) is 6.43. The first-order valence-electron chi connectivity index (χ1n) is 5.68. The van der Waals surface area contributed by atoms with Gasteiger partial charge in [-0.15, -0.1) is 0 Å². The van der Waals surface area contributed by atoms with Crippen LogP contribution in [0.1, 0.15) is 11.6 Å². The van der Waals surface area contributed by atoms with Crippen molar-refractivity contribution >= 4 is 34.8 Å². The molecule has 20 heavy (non-hydrogen) atoms. The number of carbonyl (C=O) groups excluding carboxylic acids is 1. The molecular formula is C13H11Cl2N3O2. The Labute approximate surface area is 124 Å². The number of H-pyrrole nitrogens is 1. The van der Waals surface area contributed by atoms with E-state index in [1.807, 2.05) is 0 Å². The van der Waals surface area contributed by atoms with Crippen molar-refractivity contribution in [3.05, 3.63) is 62.5 Å². The van der Waals surface area contributed by atoms with E-state index < -0.39 is 11.9 Å². The maximum atomic E-state index is 11.7. The van der Waals surface area contributed by atoms with Gasteiger partial charge in [-0.3, -0.25) is 9.59 Å². The standard InChI is InChI=1S/C13H11Cl2N3O2/c14-7-3-1-4-8(15)10(7)11(12(16)19)18-9-5-2-6-17-13(9)20/h1-6,11,18H,(H2,16,19)(H,17,20). The molecule has 0 aliphatic carbocycles. The lowest BCUT2D eigenvalue weighted by Crippen LogP contribution is -2.30. The molecule has 2 rings (SSSR count). The number of pyridine rings is 1. The summed E-state index contributed by atoms with van der Waals surface area (Å²) < 4.78 is 0. The summed E-state index contributed by atoms with van der Waals surface area (Å²) in [6, 6.07) is 6.99. The molecule has 0 aliphatic heterocycles. The Morgan fingerprint density at radius 1 is 1.20 bits per heavy atom. The third kappa shape index (κ3) is 2.95. The average molecular weight is 312 g/mol. The smallest absolute Gasteiger partial charge is 0.271 e. The van der Waals surface area contributed by atoms with E-state index in [9.17, 15) is 9.59 Å². The third-order valence-electron chi connectivity index (χ3n) is 2.69. The van der Waals surface area contributed by atoms with Crippen molar-refractivity contribution < 1.29 is 4.79 Å². The molecule has 1 unspecified atom stereocenters. The molecule has 1 aromatic carbocycles. The highest BCUT2D eigenvalue weighted by Crippen LogP contribution is 2.31. The number of carbonyl (C=O) groups is 1. The second kappa shape index (κ2) is 5.98. The number of aromatic amines is 1. The normalized spacial score (nSPS) is 11.9. The van der Waals surface area contributed by atoms with Gasteiger partial charge in [-0.2, -0.15) is 0 Å². The SMILES string of the molecule is NC(=O)C(Nc1ccc[nH]c1=O)c1c(Cl)cccc1Cl. The molecule has 1 atom stereocenters. The zero-order chi connectivity index (χ0) is 14.7. The minimum absolute atomic E-state index is 0.201. The molecule has 1 heterocycles. The van der Waals surface area contributed by atoms with Crippen molar-refractivity contribution in [3.8, 4) is 0 Å². The minimum atomic E-state index is -1.00. The van der Waals surface area contributed by atoms with E-state index in [-0.39, 0.29) is 11.2 Å². The Balaban J connectivity index is 2.46. The number of benzene rings is 1. The molecule has 0 bridgehead atoms. The lowest BCUT2D eigenvalue weighted by atomic mass is 10.1. The van der Waals surface area contributed by atoms with Gasteiger partial charge in [-0.05, 0) is 24.3 Å². The molecule has 0 saturated heterocycles. The quantitative estimate of drug-likeness (QED) is 0.809. The second-order valence-corrected chi connectivity index (χ2v) is 4.84. The fourth-order valence-electron chi connectivity index (χ4n) is 1.76. The second-order valence-electron chi connectivity index (χ2n) is 4.03. The van der Waals surface area contributed by atoms with Crippen LogP contribution in [-0.2, 0) is 4.79 Å². The van der Waals surface area contributed by atoms with E-state index in [0.717, 1.165) is 0 Å². The number of nitrogens with one attached hydrogen (secondary N) is 2. The van der Waals surface area contributed by atoms with Crippen LogP contribution in [0, 0.1) is 0 Å². The van der Waals surface area contributed by atoms with Crippen molar-refractivity contribution in [2.45, 2.75) is 6.04 Å². The highest BCUT2D eigenvalue weighted by atomic mass is 35.5. The number of amides is 1. The molecule has 0 saturated carbocycles. The zero-order valence-electron chi connectivity index (χ0n) is 10.2. The summed E-state index contributed by atoms with van der Waals surface area (Å²) >= 11 is 12.1. The molecule has 2 aromatic rings. The van der Waals surface area contributed by atoms with E-state index in [1.54, 1.807) is 24.3 Å². The topological polar surface area (TPSA) is 88.0 Å². The van der Waals surface area contributed by atoms with Crippen LogP contribution in [0.3, 0.4) is 0 Å². The van der Waals surface area contributed by atoms with E-state index in [4.69, 9.17) is 28.9 Å². The number of anilines is 1. The number of aromatic nitrogens is 1. The Bertz CT molecular complexity index is 680. The molecule has 0 spiro atoms. The maximum absolute atomic E-state index is 11.7. The van der Waals surface area contributed by atoms with Crippen LogP contribution < -0.4 is 16.6 Å². The summed E-state index contributed by atoms with van der Waals surface area (Å²) in [7, 11) is 0. The lowest BCUT2D eigenvalue weighted by molar-refractivity contribution is -0.118. The van der Waals surface area contributed by atoms with Crippen LogP contribution in [0.4, 0.5) is 5.69 Å². The summed E-state index contributed by atoms with van der Waals surface area (Å²) in [5.41, 5.74) is 5.54.